The van der Waals surface area contributed by atoms with Gasteiger partial charge in [-0.2, -0.15) is 0 Å². The van der Waals surface area contributed by atoms with Gasteiger partial charge in [-0.15, -0.1) is 0 Å². The molecule has 34 heavy (non-hydrogen) atoms. The van der Waals surface area contributed by atoms with Crippen LogP contribution in [0.25, 0.3) is 0 Å². The molecule has 0 saturated heterocycles. The van der Waals surface area contributed by atoms with E-state index in [1.165, 1.54) is 37.6 Å². The van der Waals surface area contributed by atoms with Gasteiger partial charge in [0.05, 0.1) is 23.8 Å². The van der Waals surface area contributed by atoms with Crippen molar-refractivity contribution >= 4 is 39.2 Å². The molecule has 4 N–H and O–H groups in total. The molecular formula is C22H21N3O8S. The Labute approximate surface area is 194 Å². The molecule has 11 nitrogen and oxygen atoms in total. The van der Waals surface area contributed by atoms with Gasteiger partial charge < -0.3 is 24.9 Å². The molecule has 2 aromatic carbocycles. The average Bonchev–Trinajstić information content (AvgIpc) is 3.25. The normalized spacial score (nSPS) is 10.9. The lowest BCUT2D eigenvalue weighted by Crippen LogP contribution is -2.28. The largest absolute Gasteiger partial charge is 0.478 e. The van der Waals surface area contributed by atoms with Crippen molar-refractivity contribution in [2.45, 2.75) is 25.3 Å². The number of carboxylic acid groups (broad SMARTS) is 1. The molecule has 12 heteroatoms. The SMILES string of the molecule is CC(=O)Nc1ccc(Oc2cc(NCc3ccoc3)c(C(=O)O)cc2S(=O)(=O)NC(C)=O)cc1. The van der Waals surface area contributed by atoms with Gasteiger partial charge in [-0.05, 0) is 36.4 Å². The molecule has 3 rings (SSSR count). The molecule has 0 aliphatic rings. The number of carboxylic acids is 1. The highest BCUT2D eigenvalue weighted by Gasteiger charge is 2.26. The van der Waals surface area contributed by atoms with E-state index in [0.29, 0.717) is 5.69 Å². The number of carbonyl (C=O) groups is 3. The minimum absolute atomic E-state index is 0.0836. The van der Waals surface area contributed by atoms with Gasteiger partial charge in [-0.1, -0.05) is 0 Å². The number of sulfonamides is 1. The highest BCUT2D eigenvalue weighted by molar-refractivity contribution is 7.90. The van der Waals surface area contributed by atoms with Crippen molar-refractivity contribution in [3.8, 4) is 11.5 Å². The van der Waals surface area contributed by atoms with Crippen LogP contribution in [0.4, 0.5) is 11.4 Å². The first kappa shape index (κ1) is 24.3. The number of nitrogens with one attached hydrogen (secondary N) is 3. The predicted octanol–water partition coefficient (Wildman–Crippen LogP) is 3.17. The van der Waals surface area contributed by atoms with E-state index in [-0.39, 0.29) is 35.2 Å². The van der Waals surface area contributed by atoms with Crippen LogP contribution in [0.15, 0.2) is 64.3 Å². The standard InChI is InChI=1S/C22H21N3O8S/c1-13(26)24-16-3-5-17(6-4-16)33-20-10-19(23-11-15-7-8-32-12-15)18(22(28)29)9-21(20)34(30,31)25-14(2)27/h3-10,12,23H,11H2,1-2H3,(H,24,26)(H,25,27)(H,28,29). The Morgan fingerprint density at radius 3 is 2.29 bits per heavy atom. The average molecular weight is 487 g/mol. The summed E-state index contributed by atoms with van der Waals surface area (Å²) in [5, 5.41) is 15.2. The van der Waals surface area contributed by atoms with Gasteiger partial charge >= 0.3 is 5.97 Å². The number of hydrogen-bond donors (Lipinski definition) is 4. The maximum absolute atomic E-state index is 12.8. The highest BCUT2D eigenvalue weighted by atomic mass is 32.2. The van der Waals surface area contributed by atoms with E-state index in [9.17, 15) is 27.9 Å². The van der Waals surface area contributed by atoms with Crippen molar-refractivity contribution in [2.24, 2.45) is 0 Å². The fourth-order valence-electron chi connectivity index (χ4n) is 2.94. The summed E-state index contributed by atoms with van der Waals surface area (Å²) in [6.07, 6.45) is 2.93. The molecule has 0 unspecified atom stereocenters. The zero-order valence-electron chi connectivity index (χ0n) is 18.1. The van der Waals surface area contributed by atoms with Crippen LogP contribution in [-0.4, -0.2) is 31.3 Å². The molecule has 0 atom stereocenters. The third-order valence-corrected chi connectivity index (χ3v) is 5.80. The van der Waals surface area contributed by atoms with Crippen LogP contribution in [0.1, 0.15) is 29.8 Å². The number of hydrogen-bond acceptors (Lipinski definition) is 8. The Morgan fingerprint density at radius 2 is 1.74 bits per heavy atom. The lowest BCUT2D eigenvalue weighted by molar-refractivity contribution is -0.117. The van der Waals surface area contributed by atoms with Crippen LogP contribution < -0.4 is 20.1 Å². The van der Waals surface area contributed by atoms with Crippen LogP contribution in [0, 0.1) is 0 Å². The smallest absolute Gasteiger partial charge is 0.337 e. The van der Waals surface area contributed by atoms with E-state index in [2.05, 4.69) is 10.6 Å². The summed E-state index contributed by atoms with van der Waals surface area (Å²) in [7, 11) is -4.45. The van der Waals surface area contributed by atoms with Crippen molar-refractivity contribution in [3.63, 3.8) is 0 Å². The van der Waals surface area contributed by atoms with Gasteiger partial charge in [0.25, 0.3) is 10.0 Å². The molecule has 2 amide bonds. The van der Waals surface area contributed by atoms with Crippen molar-refractivity contribution in [1.29, 1.82) is 0 Å². The number of carbonyl (C=O) groups excluding carboxylic acids is 2. The monoisotopic (exact) mass is 487 g/mol. The minimum atomic E-state index is -4.45. The number of ether oxygens (including phenoxy) is 1. The fourth-order valence-corrected chi connectivity index (χ4v) is 4.07. The van der Waals surface area contributed by atoms with Crippen LogP contribution in [-0.2, 0) is 26.2 Å². The van der Waals surface area contributed by atoms with Crippen LogP contribution in [0.5, 0.6) is 11.5 Å². The second kappa shape index (κ2) is 10.1. The second-order valence-electron chi connectivity index (χ2n) is 7.10. The Kier molecular flexibility index (Phi) is 7.21. The summed E-state index contributed by atoms with van der Waals surface area (Å²) in [6.45, 7) is 2.56. The summed E-state index contributed by atoms with van der Waals surface area (Å²) >= 11 is 0. The molecule has 0 spiro atoms. The first-order valence-electron chi connectivity index (χ1n) is 9.80. The van der Waals surface area contributed by atoms with Crippen molar-refractivity contribution in [1.82, 2.24) is 4.72 Å². The number of rotatable bonds is 9. The van der Waals surface area contributed by atoms with Gasteiger partial charge in [0.2, 0.25) is 11.8 Å². The molecule has 3 aromatic rings. The van der Waals surface area contributed by atoms with Crippen LogP contribution >= 0.6 is 0 Å². The lowest BCUT2D eigenvalue weighted by atomic mass is 10.1. The van der Waals surface area contributed by atoms with Gasteiger partial charge in [-0.3, -0.25) is 9.59 Å². The highest BCUT2D eigenvalue weighted by Crippen LogP contribution is 2.35. The molecule has 0 fully saturated rings. The zero-order valence-corrected chi connectivity index (χ0v) is 18.9. The Bertz CT molecular complexity index is 1320. The predicted molar refractivity (Wildman–Crippen MR) is 121 cm³/mol. The van der Waals surface area contributed by atoms with E-state index in [0.717, 1.165) is 18.6 Å². The second-order valence-corrected chi connectivity index (χ2v) is 8.75. The number of aromatic carboxylic acids is 1. The van der Waals surface area contributed by atoms with Crippen LogP contribution in [0.3, 0.4) is 0 Å². The summed E-state index contributed by atoms with van der Waals surface area (Å²) in [4.78, 5) is 34.0. The summed E-state index contributed by atoms with van der Waals surface area (Å²) in [5.41, 5.74) is 0.957. The van der Waals surface area contributed by atoms with Gasteiger partial charge in [-0.25, -0.2) is 17.9 Å². The van der Waals surface area contributed by atoms with E-state index >= 15 is 0 Å². The molecule has 0 aliphatic heterocycles. The molecule has 1 aromatic heterocycles. The third-order valence-electron chi connectivity index (χ3n) is 4.35. The maximum atomic E-state index is 12.8. The van der Waals surface area contributed by atoms with E-state index in [4.69, 9.17) is 9.15 Å². The molecular weight excluding hydrogens is 466 g/mol. The summed E-state index contributed by atoms with van der Waals surface area (Å²) < 4.78 is 38.1. The molecule has 178 valence electrons. The quantitative estimate of drug-likeness (QED) is 0.355. The number of amides is 2. The van der Waals surface area contributed by atoms with E-state index in [1.807, 2.05) is 4.72 Å². The Balaban J connectivity index is 2.05. The third kappa shape index (κ3) is 6.13. The van der Waals surface area contributed by atoms with E-state index in [1.54, 1.807) is 18.2 Å². The summed E-state index contributed by atoms with van der Waals surface area (Å²) in [6, 6.07) is 9.88. The molecule has 0 aliphatic carbocycles. The Hall–Kier alpha value is -4.32. The topological polar surface area (TPSA) is 164 Å². The number of anilines is 2. The lowest BCUT2D eigenvalue weighted by Gasteiger charge is -2.17. The van der Waals surface area contributed by atoms with Crippen molar-refractivity contribution < 1.29 is 37.1 Å². The van der Waals surface area contributed by atoms with E-state index < -0.39 is 26.8 Å². The van der Waals surface area contributed by atoms with Crippen molar-refractivity contribution in [2.75, 3.05) is 10.6 Å². The zero-order chi connectivity index (χ0) is 24.9. The van der Waals surface area contributed by atoms with Gasteiger partial charge in [0.1, 0.15) is 16.4 Å². The first-order chi connectivity index (χ1) is 16.0. The maximum Gasteiger partial charge on any atom is 0.337 e. The molecule has 0 radical (unpaired) electrons. The molecule has 1 heterocycles. The number of furan rings is 1. The Morgan fingerprint density at radius 1 is 1.03 bits per heavy atom. The molecule has 0 saturated carbocycles. The fraction of sp³-hybridized carbons (Fsp3) is 0.136. The van der Waals surface area contributed by atoms with Gasteiger partial charge in [0.15, 0.2) is 0 Å². The first-order valence-corrected chi connectivity index (χ1v) is 11.3. The minimum Gasteiger partial charge on any atom is -0.478 e. The summed E-state index contributed by atoms with van der Waals surface area (Å²) in [5.74, 6) is -2.53. The number of benzene rings is 2. The van der Waals surface area contributed by atoms with Crippen molar-refractivity contribution in [3.05, 3.63) is 66.1 Å². The molecule has 0 bridgehead atoms. The van der Waals surface area contributed by atoms with Crippen LogP contribution in [0.2, 0.25) is 0 Å². The van der Waals surface area contributed by atoms with Gasteiger partial charge in [0, 0.05) is 37.7 Å².